The number of carbonyl (C=O) groups excluding carboxylic acids is 1. The van der Waals surface area contributed by atoms with Crippen LogP contribution in [0.4, 0.5) is 0 Å². The molecule has 0 aromatic heterocycles. The van der Waals surface area contributed by atoms with Crippen LogP contribution in [-0.2, 0) is 15.1 Å². The Labute approximate surface area is 176 Å². The van der Waals surface area contributed by atoms with Crippen LogP contribution >= 0.6 is 0 Å². The zero-order chi connectivity index (χ0) is 21.4. The quantitative estimate of drug-likeness (QED) is 0.194. The number of hydrogen-bond donors (Lipinski definition) is 1. The van der Waals surface area contributed by atoms with Crippen molar-refractivity contribution in [2.24, 2.45) is 5.11 Å². The molecule has 0 saturated carbocycles. The van der Waals surface area contributed by atoms with Gasteiger partial charge in [0.2, 0.25) is 0 Å². The van der Waals surface area contributed by atoms with Crippen molar-refractivity contribution in [1.29, 1.82) is 0 Å². The molecule has 0 aliphatic heterocycles. The van der Waals surface area contributed by atoms with Gasteiger partial charge in [0.1, 0.15) is 6.04 Å². The van der Waals surface area contributed by atoms with Crippen molar-refractivity contribution in [2.75, 3.05) is 7.11 Å². The Balaban J connectivity index is 2.30. The van der Waals surface area contributed by atoms with Crippen LogP contribution in [-0.4, -0.2) is 25.2 Å². The van der Waals surface area contributed by atoms with Gasteiger partial charge in [0.15, 0.2) is 0 Å². The molecule has 1 N–H and O–H groups in total. The highest BCUT2D eigenvalue weighted by Crippen LogP contribution is 2.37. The second kappa shape index (κ2) is 9.74. The van der Waals surface area contributed by atoms with Crippen molar-refractivity contribution >= 4 is 5.97 Å². The van der Waals surface area contributed by atoms with E-state index in [0.29, 0.717) is 0 Å². The van der Waals surface area contributed by atoms with Gasteiger partial charge >= 0.3 is 5.97 Å². The molecule has 152 valence electrons. The van der Waals surface area contributed by atoms with Gasteiger partial charge in [-0.3, -0.25) is 10.1 Å². The summed E-state index contributed by atoms with van der Waals surface area (Å²) < 4.78 is 5.05. The average molecular weight is 400 g/mol. The number of rotatable bonds is 8. The molecule has 0 spiro atoms. The smallest absolute Gasteiger partial charge is 0.323 e. The highest BCUT2D eigenvalue weighted by molar-refractivity contribution is 5.77. The minimum absolute atomic E-state index is 0.498. The number of benzene rings is 3. The van der Waals surface area contributed by atoms with Crippen LogP contribution in [0.2, 0.25) is 0 Å². The van der Waals surface area contributed by atoms with Crippen molar-refractivity contribution in [2.45, 2.75) is 24.5 Å². The van der Waals surface area contributed by atoms with Gasteiger partial charge in [0, 0.05) is 4.91 Å². The summed E-state index contributed by atoms with van der Waals surface area (Å²) in [4.78, 5) is 15.6. The molecule has 0 bridgehead atoms. The SMILES string of the molecule is COC(=O)C(NC(c1ccccc1)(c1ccccc1)c1ccccc1)C(C)N=[N+]=[N-]. The maximum Gasteiger partial charge on any atom is 0.323 e. The van der Waals surface area contributed by atoms with E-state index in [-0.39, 0.29) is 0 Å². The molecule has 3 aromatic carbocycles. The van der Waals surface area contributed by atoms with Gasteiger partial charge < -0.3 is 4.74 Å². The summed E-state index contributed by atoms with van der Waals surface area (Å²) >= 11 is 0. The summed E-state index contributed by atoms with van der Waals surface area (Å²) in [7, 11) is 1.33. The zero-order valence-corrected chi connectivity index (χ0v) is 17.0. The average Bonchev–Trinajstić information content (AvgIpc) is 2.81. The Hall–Kier alpha value is -3.60. The van der Waals surface area contributed by atoms with E-state index < -0.39 is 23.6 Å². The Bertz CT molecular complexity index is 906. The summed E-state index contributed by atoms with van der Waals surface area (Å²) in [5.74, 6) is -0.498. The fourth-order valence-electron chi connectivity index (χ4n) is 3.70. The Morgan fingerprint density at radius 1 is 0.900 bits per heavy atom. The van der Waals surface area contributed by atoms with E-state index in [9.17, 15) is 4.79 Å². The molecule has 3 rings (SSSR count). The van der Waals surface area contributed by atoms with Gasteiger partial charge in [-0.2, -0.15) is 0 Å². The van der Waals surface area contributed by atoms with E-state index >= 15 is 0 Å². The molecule has 0 fully saturated rings. The molecule has 0 amide bonds. The van der Waals surface area contributed by atoms with Crippen molar-refractivity contribution in [1.82, 2.24) is 5.32 Å². The Kier molecular flexibility index (Phi) is 6.86. The first kappa shape index (κ1) is 21.1. The lowest BCUT2D eigenvalue weighted by Crippen LogP contribution is -2.56. The van der Waals surface area contributed by atoms with E-state index in [1.54, 1.807) is 6.92 Å². The van der Waals surface area contributed by atoms with Gasteiger partial charge in [-0.05, 0) is 22.2 Å². The number of hydrogen-bond acceptors (Lipinski definition) is 4. The molecule has 0 aliphatic carbocycles. The monoisotopic (exact) mass is 400 g/mol. The molecule has 2 unspecified atom stereocenters. The Morgan fingerprint density at radius 2 is 1.30 bits per heavy atom. The number of nitrogens with zero attached hydrogens (tertiary/aromatic N) is 3. The Morgan fingerprint density at radius 3 is 1.63 bits per heavy atom. The van der Waals surface area contributed by atoms with Gasteiger partial charge in [-0.15, -0.1) is 0 Å². The predicted octanol–water partition coefficient (Wildman–Crippen LogP) is 4.81. The number of azide groups is 1. The number of nitrogens with one attached hydrogen (secondary N) is 1. The van der Waals surface area contributed by atoms with Gasteiger partial charge in [-0.1, -0.05) is 103 Å². The maximum atomic E-state index is 12.7. The highest BCUT2D eigenvalue weighted by Gasteiger charge is 2.41. The maximum absolute atomic E-state index is 12.7. The number of esters is 1. The van der Waals surface area contributed by atoms with E-state index in [1.165, 1.54) is 7.11 Å². The third-order valence-electron chi connectivity index (χ3n) is 5.16. The first-order valence-electron chi connectivity index (χ1n) is 9.69. The molecule has 6 nitrogen and oxygen atoms in total. The van der Waals surface area contributed by atoms with E-state index in [1.807, 2.05) is 91.0 Å². The first-order chi connectivity index (χ1) is 14.6. The molecule has 0 saturated heterocycles. The van der Waals surface area contributed by atoms with Crippen LogP contribution in [0, 0.1) is 0 Å². The van der Waals surface area contributed by atoms with E-state index in [4.69, 9.17) is 10.3 Å². The van der Waals surface area contributed by atoms with Gasteiger partial charge in [0.25, 0.3) is 0 Å². The normalized spacial score (nSPS) is 13.0. The molecule has 6 heteroatoms. The predicted molar refractivity (Wildman–Crippen MR) is 117 cm³/mol. The molecule has 0 aliphatic rings. The molecule has 30 heavy (non-hydrogen) atoms. The third kappa shape index (κ3) is 4.20. The van der Waals surface area contributed by atoms with Gasteiger partial charge in [-0.25, -0.2) is 0 Å². The topological polar surface area (TPSA) is 87.1 Å². The lowest BCUT2D eigenvalue weighted by molar-refractivity contribution is -0.144. The summed E-state index contributed by atoms with van der Waals surface area (Å²) in [6, 6.07) is 28.2. The minimum Gasteiger partial charge on any atom is -0.468 e. The molecule has 3 aromatic rings. The number of carbonyl (C=O) groups is 1. The highest BCUT2D eigenvalue weighted by atomic mass is 16.5. The molecule has 0 radical (unpaired) electrons. The van der Waals surface area contributed by atoms with Crippen LogP contribution < -0.4 is 5.32 Å². The lowest BCUT2D eigenvalue weighted by Gasteiger charge is -2.40. The van der Waals surface area contributed by atoms with Crippen molar-refractivity contribution in [3.05, 3.63) is 118 Å². The van der Waals surface area contributed by atoms with E-state index in [0.717, 1.165) is 16.7 Å². The first-order valence-corrected chi connectivity index (χ1v) is 9.69. The fraction of sp³-hybridized carbons (Fsp3) is 0.208. The fourth-order valence-corrected chi connectivity index (χ4v) is 3.70. The molecular weight excluding hydrogens is 376 g/mol. The number of ether oxygens (including phenoxy) is 1. The van der Waals surface area contributed by atoms with Crippen LogP contribution in [0.15, 0.2) is 96.1 Å². The standard InChI is InChI=1S/C24H24N4O2/c1-18(27-28-25)22(23(29)30-2)26-24(19-12-6-3-7-13-19,20-14-8-4-9-15-20)21-16-10-5-11-17-21/h3-18,22,26H,1-2H3. The lowest BCUT2D eigenvalue weighted by atomic mass is 9.76. The second-order valence-electron chi connectivity index (χ2n) is 6.94. The van der Waals surface area contributed by atoms with Crippen molar-refractivity contribution < 1.29 is 9.53 Å². The summed E-state index contributed by atoms with van der Waals surface area (Å²) in [6.07, 6.45) is 0. The van der Waals surface area contributed by atoms with Crippen LogP contribution in [0.3, 0.4) is 0 Å². The molecular formula is C24H24N4O2. The minimum atomic E-state index is -0.873. The molecule has 2 atom stereocenters. The van der Waals surface area contributed by atoms with E-state index in [2.05, 4.69) is 15.3 Å². The summed E-state index contributed by atoms with van der Waals surface area (Å²) in [5.41, 5.74) is 10.9. The third-order valence-corrected chi connectivity index (χ3v) is 5.16. The zero-order valence-electron chi connectivity index (χ0n) is 17.0. The van der Waals surface area contributed by atoms with Crippen LogP contribution in [0.1, 0.15) is 23.6 Å². The second-order valence-corrected chi connectivity index (χ2v) is 6.94. The van der Waals surface area contributed by atoms with Crippen molar-refractivity contribution in [3.63, 3.8) is 0 Å². The molecule has 0 heterocycles. The summed E-state index contributed by atoms with van der Waals surface area (Å²) in [6.45, 7) is 1.69. The largest absolute Gasteiger partial charge is 0.468 e. The number of methoxy groups -OCH3 is 1. The van der Waals surface area contributed by atoms with Gasteiger partial charge in [0.05, 0.1) is 18.7 Å². The van der Waals surface area contributed by atoms with Crippen LogP contribution in [0.25, 0.3) is 10.4 Å². The van der Waals surface area contributed by atoms with Crippen molar-refractivity contribution in [3.8, 4) is 0 Å². The van der Waals surface area contributed by atoms with Crippen LogP contribution in [0.5, 0.6) is 0 Å². The summed E-state index contributed by atoms with van der Waals surface area (Å²) in [5, 5.41) is 7.29.